The summed E-state index contributed by atoms with van der Waals surface area (Å²) in [5.41, 5.74) is 0.403. The van der Waals surface area contributed by atoms with Crippen LogP contribution in [-0.4, -0.2) is 62.4 Å². The van der Waals surface area contributed by atoms with Crippen LogP contribution >= 0.6 is 0 Å². The molecule has 0 aliphatic carbocycles. The highest BCUT2D eigenvalue weighted by Crippen LogP contribution is 2.15. The highest BCUT2D eigenvalue weighted by molar-refractivity contribution is 5.68. The van der Waals surface area contributed by atoms with Gasteiger partial charge in [0.15, 0.2) is 0 Å². The molecule has 1 fully saturated rings. The Morgan fingerprint density at radius 3 is 2.74 bits per heavy atom. The quantitative estimate of drug-likeness (QED) is 0.830. The fraction of sp³-hybridized carbons (Fsp3) is 0.800. The van der Waals surface area contributed by atoms with Gasteiger partial charge in [0.1, 0.15) is 5.60 Å². The predicted octanol–water partition coefficient (Wildman–Crippen LogP) is 0.759. The monoisotopic (exact) mass is 325 g/mol. The molecule has 1 aromatic heterocycles. The molecule has 0 saturated carbocycles. The molecular formula is C15H27N5O3. The highest BCUT2D eigenvalue weighted by atomic mass is 16.6. The van der Waals surface area contributed by atoms with E-state index in [1.54, 1.807) is 9.58 Å². The lowest BCUT2D eigenvalue weighted by Crippen LogP contribution is -2.46. The van der Waals surface area contributed by atoms with Gasteiger partial charge in [-0.3, -0.25) is 0 Å². The predicted molar refractivity (Wildman–Crippen MR) is 84.8 cm³/mol. The van der Waals surface area contributed by atoms with Crippen LogP contribution in [0.25, 0.3) is 0 Å². The molecule has 1 amide bonds. The second kappa shape index (κ2) is 7.74. The summed E-state index contributed by atoms with van der Waals surface area (Å²) in [6.07, 6.45) is 3.38. The van der Waals surface area contributed by atoms with E-state index in [-0.39, 0.29) is 12.7 Å². The number of carbonyl (C=O) groups excluding carboxylic acids is 1. The first-order valence-electron chi connectivity index (χ1n) is 8.08. The second-order valence-electron chi connectivity index (χ2n) is 6.82. The molecule has 0 atom stereocenters. The van der Waals surface area contributed by atoms with Crippen LogP contribution in [-0.2, 0) is 17.8 Å². The molecule has 1 saturated heterocycles. The normalized spacial score (nSPS) is 16.6. The van der Waals surface area contributed by atoms with Gasteiger partial charge in [-0.05, 0) is 33.6 Å². The van der Waals surface area contributed by atoms with E-state index in [1.807, 2.05) is 27.0 Å². The summed E-state index contributed by atoms with van der Waals surface area (Å²) < 4.78 is 7.02. The lowest BCUT2D eigenvalue weighted by atomic mass is 10.1. The largest absolute Gasteiger partial charge is 0.444 e. The van der Waals surface area contributed by atoms with Gasteiger partial charge in [0.25, 0.3) is 0 Å². The molecule has 2 heterocycles. The molecule has 0 unspecified atom stereocenters. The summed E-state index contributed by atoms with van der Waals surface area (Å²) in [6.45, 7) is 8.19. The van der Waals surface area contributed by atoms with Gasteiger partial charge in [0.05, 0.1) is 18.8 Å². The van der Waals surface area contributed by atoms with Gasteiger partial charge in [-0.1, -0.05) is 5.21 Å². The van der Waals surface area contributed by atoms with Crippen LogP contribution in [0.2, 0.25) is 0 Å². The van der Waals surface area contributed by atoms with Gasteiger partial charge in [-0.15, -0.1) is 5.10 Å². The molecule has 0 aromatic carbocycles. The zero-order valence-electron chi connectivity index (χ0n) is 14.2. The highest BCUT2D eigenvalue weighted by Gasteiger charge is 2.26. The Labute approximate surface area is 136 Å². The SMILES string of the molecule is CC(C)(C)OC(=O)N1CCC(NCc2cn(CCO)nn2)CC1. The summed E-state index contributed by atoms with van der Waals surface area (Å²) in [5, 5.41) is 20.3. The first-order chi connectivity index (χ1) is 10.9. The van der Waals surface area contributed by atoms with Crippen molar-refractivity contribution in [2.45, 2.75) is 58.3 Å². The van der Waals surface area contributed by atoms with Crippen LogP contribution in [0, 0.1) is 0 Å². The van der Waals surface area contributed by atoms with Crippen molar-refractivity contribution in [3.63, 3.8) is 0 Å². The van der Waals surface area contributed by atoms with Crippen LogP contribution in [0.4, 0.5) is 4.79 Å². The molecule has 8 heteroatoms. The maximum atomic E-state index is 12.0. The molecule has 23 heavy (non-hydrogen) atoms. The van der Waals surface area contributed by atoms with Crippen LogP contribution in [0.5, 0.6) is 0 Å². The lowest BCUT2D eigenvalue weighted by molar-refractivity contribution is 0.0198. The zero-order valence-corrected chi connectivity index (χ0v) is 14.2. The van der Waals surface area contributed by atoms with Crippen molar-refractivity contribution in [1.82, 2.24) is 25.2 Å². The van der Waals surface area contributed by atoms with Crippen molar-refractivity contribution in [1.29, 1.82) is 0 Å². The summed E-state index contributed by atoms with van der Waals surface area (Å²) in [5.74, 6) is 0. The van der Waals surface area contributed by atoms with Crippen molar-refractivity contribution in [2.75, 3.05) is 19.7 Å². The lowest BCUT2D eigenvalue weighted by Gasteiger charge is -2.33. The Kier molecular flexibility index (Phi) is 5.95. The third kappa shape index (κ3) is 5.80. The van der Waals surface area contributed by atoms with Crippen LogP contribution < -0.4 is 5.32 Å². The van der Waals surface area contributed by atoms with Crippen molar-refractivity contribution in [2.24, 2.45) is 0 Å². The maximum Gasteiger partial charge on any atom is 0.410 e. The molecule has 1 aromatic rings. The number of hydrogen-bond donors (Lipinski definition) is 2. The number of rotatable bonds is 5. The van der Waals surface area contributed by atoms with Crippen molar-refractivity contribution in [3.05, 3.63) is 11.9 Å². The van der Waals surface area contributed by atoms with E-state index in [0.717, 1.165) is 18.5 Å². The summed E-state index contributed by atoms with van der Waals surface area (Å²) in [7, 11) is 0. The minimum absolute atomic E-state index is 0.0549. The molecule has 0 bridgehead atoms. The maximum absolute atomic E-state index is 12.0. The van der Waals surface area contributed by atoms with Gasteiger partial charge in [-0.2, -0.15) is 0 Å². The first kappa shape index (κ1) is 17.7. The molecule has 1 aliphatic heterocycles. The minimum Gasteiger partial charge on any atom is -0.444 e. The van der Waals surface area contributed by atoms with Crippen molar-refractivity contribution < 1.29 is 14.6 Å². The van der Waals surface area contributed by atoms with E-state index in [0.29, 0.717) is 32.2 Å². The molecule has 0 radical (unpaired) electrons. The van der Waals surface area contributed by atoms with Gasteiger partial charge < -0.3 is 20.1 Å². The van der Waals surface area contributed by atoms with Crippen LogP contribution in [0.1, 0.15) is 39.3 Å². The molecule has 2 rings (SSSR count). The van der Waals surface area contributed by atoms with Crippen LogP contribution in [0.3, 0.4) is 0 Å². The molecule has 0 spiro atoms. The number of aromatic nitrogens is 3. The summed E-state index contributed by atoms with van der Waals surface area (Å²) in [6, 6.07) is 0.358. The van der Waals surface area contributed by atoms with Crippen molar-refractivity contribution in [3.8, 4) is 0 Å². The van der Waals surface area contributed by atoms with Gasteiger partial charge in [0.2, 0.25) is 0 Å². The van der Waals surface area contributed by atoms with Gasteiger partial charge >= 0.3 is 6.09 Å². The number of amides is 1. The third-order valence-electron chi connectivity index (χ3n) is 3.63. The Bertz CT molecular complexity index is 503. The number of nitrogens with zero attached hydrogens (tertiary/aromatic N) is 4. The molecule has 2 N–H and O–H groups in total. The summed E-state index contributed by atoms with van der Waals surface area (Å²) >= 11 is 0. The molecule has 8 nitrogen and oxygen atoms in total. The first-order valence-corrected chi connectivity index (χ1v) is 8.08. The van der Waals surface area contributed by atoms with Gasteiger partial charge in [-0.25, -0.2) is 9.48 Å². The van der Waals surface area contributed by atoms with Gasteiger partial charge in [0, 0.05) is 31.9 Å². The van der Waals surface area contributed by atoms with E-state index in [9.17, 15) is 4.79 Å². The van der Waals surface area contributed by atoms with Crippen LogP contribution in [0.15, 0.2) is 6.20 Å². The number of nitrogens with one attached hydrogen (secondary N) is 1. The number of piperidine rings is 1. The van der Waals surface area contributed by atoms with E-state index < -0.39 is 5.60 Å². The fourth-order valence-electron chi connectivity index (χ4n) is 2.47. The zero-order chi connectivity index (χ0) is 16.9. The standard InChI is InChI=1S/C15H27N5O3/c1-15(2,3)23-14(22)19-6-4-12(5-7-19)16-10-13-11-20(8-9-21)18-17-13/h11-12,16,21H,4-10H2,1-3H3. The Hall–Kier alpha value is -1.67. The summed E-state index contributed by atoms with van der Waals surface area (Å²) in [4.78, 5) is 13.8. The van der Waals surface area contributed by atoms with E-state index >= 15 is 0 Å². The topological polar surface area (TPSA) is 92.5 Å². The fourth-order valence-corrected chi connectivity index (χ4v) is 2.47. The second-order valence-corrected chi connectivity index (χ2v) is 6.82. The third-order valence-corrected chi connectivity index (χ3v) is 3.63. The average Bonchev–Trinajstić information content (AvgIpc) is 2.92. The molecule has 130 valence electrons. The smallest absolute Gasteiger partial charge is 0.410 e. The number of hydrogen-bond acceptors (Lipinski definition) is 6. The Morgan fingerprint density at radius 2 is 2.13 bits per heavy atom. The number of likely N-dealkylation sites (tertiary alicyclic amines) is 1. The van der Waals surface area contributed by atoms with Crippen molar-refractivity contribution >= 4 is 6.09 Å². The average molecular weight is 325 g/mol. The van der Waals surface area contributed by atoms with E-state index in [1.165, 1.54) is 0 Å². The Morgan fingerprint density at radius 1 is 1.43 bits per heavy atom. The van der Waals surface area contributed by atoms with E-state index in [4.69, 9.17) is 9.84 Å². The number of aliphatic hydroxyl groups is 1. The number of ether oxygens (including phenoxy) is 1. The number of carbonyl (C=O) groups is 1. The number of aliphatic hydroxyl groups excluding tert-OH is 1. The Balaban J connectivity index is 1.71. The van der Waals surface area contributed by atoms with E-state index in [2.05, 4.69) is 15.6 Å². The molecular weight excluding hydrogens is 298 g/mol. The minimum atomic E-state index is -0.452. The molecule has 1 aliphatic rings.